The van der Waals surface area contributed by atoms with Gasteiger partial charge in [0.2, 0.25) is 0 Å². The third kappa shape index (κ3) is 4.76. The summed E-state index contributed by atoms with van der Waals surface area (Å²) in [4.78, 5) is 37.9. The summed E-state index contributed by atoms with van der Waals surface area (Å²) < 4.78 is 14.0. The van der Waals surface area contributed by atoms with Gasteiger partial charge >= 0.3 is 5.97 Å². The number of ketones is 1. The van der Waals surface area contributed by atoms with Gasteiger partial charge in [0, 0.05) is 29.1 Å². The molecule has 0 radical (unpaired) electrons. The Bertz CT molecular complexity index is 1570. The molecule has 0 amide bonds. The molecule has 0 saturated carbocycles. The van der Waals surface area contributed by atoms with Gasteiger partial charge in [0.15, 0.2) is 5.78 Å². The molecule has 8 nitrogen and oxygen atoms in total. The number of aromatic amines is 1. The van der Waals surface area contributed by atoms with Gasteiger partial charge in [0.1, 0.15) is 22.5 Å². The Morgan fingerprint density at radius 2 is 1.76 bits per heavy atom. The van der Waals surface area contributed by atoms with Crippen LogP contribution in [0.1, 0.15) is 43.2 Å². The lowest BCUT2D eigenvalue weighted by Crippen LogP contribution is -2.63. The van der Waals surface area contributed by atoms with Crippen molar-refractivity contribution in [3.05, 3.63) is 83.9 Å². The maximum atomic E-state index is 15.2. The number of nitrogens with one attached hydrogen (secondary N) is 2. The molecule has 0 aliphatic carbocycles. The van der Waals surface area contributed by atoms with E-state index in [4.69, 9.17) is 0 Å². The van der Waals surface area contributed by atoms with Crippen molar-refractivity contribution in [2.24, 2.45) is 5.41 Å². The third-order valence-electron chi connectivity index (χ3n) is 9.14. The minimum atomic E-state index is -1.64. The number of nitrogens with zero attached hydrogens (tertiary/aromatic N) is 2. The van der Waals surface area contributed by atoms with Crippen LogP contribution in [0.2, 0.25) is 0 Å². The number of pyridine rings is 1. The van der Waals surface area contributed by atoms with E-state index in [1.54, 1.807) is 42.7 Å². The molecule has 2 aromatic heterocycles. The summed E-state index contributed by atoms with van der Waals surface area (Å²) in [5.74, 6) is -2.04. The van der Waals surface area contributed by atoms with E-state index in [1.807, 2.05) is 12.1 Å². The van der Waals surface area contributed by atoms with Gasteiger partial charge in [-0.3, -0.25) is 19.5 Å². The molecule has 42 heavy (non-hydrogen) atoms. The van der Waals surface area contributed by atoms with E-state index in [-0.39, 0.29) is 25.0 Å². The van der Waals surface area contributed by atoms with E-state index in [9.17, 15) is 19.4 Å². The summed E-state index contributed by atoms with van der Waals surface area (Å²) in [6.07, 6.45) is 6.49. The number of hydrogen-bond donors (Lipinski definition) is 4. The highest BCUT2D eigenvalue weighted by Crippen LogP contribution is 2.49. The van der Waals surface area contributed by atoms with Crippen LogP contribution in [0, 0.1) is 11.2 Å². The van der Waals surface area contributed by atoms with Crippen molar-refractivity contribution < 1.29 is 24.2 Å². The molecule has 4 aromatic rings. The quantitative estimate of drug-likeness (QED) is 0.220. The summed E-state index contributed by atoms with van der Waals surface area (Å²) in [7, 11) is 0. The van der Waals surface area contributed by atoms with Crippen LogP contribution < -0.4 is 5.32 Å². The number of likely N-dealkylation sites (tertiary alicyclic amines) is 1. The number of phenolic OH excluding ortho intramolecular Hbond substituents is 1. The number of Topliss-reactive ketones (excluding diaryl/α,β-unsaturated/α-hetero) is 1. The summed E-state index contributed by atoms with van der Waals surface area (Å²) >= 11 is 0. The maximum Gasteiger partial charge on any atom is 0.317 e. The number of aromatic hydroxyl groups is 1. The first-order chi connectivity index (χ1) is 20.3. The second kappa shape index (κ2) is 11.3. The number of H-pyrrole nitrogens is 1. The van der Waals surface area contributed by atoms with Crippen LogP contribution in [-0.2, 0) is 21.5 Å². The lowest BCUT2D eigenvalue weighted by atomic mass is 9.63. The Labute approximate surface area is 243 Å². The van der Waals surface area contributed by atoms with Crippen molar-refractivity contribution >= 4 is 22.7 Å². The lowest BCUT2D eigenvalue weighted by Gasteiger charge is -2.49. The van der Waals surface area contributed by atoms with Crippen molar-refractivity contribution in [3.63, 3.8) is 0 Å². The average molecular weight is 571 g/mol. The first kappa shape index (κ1) is 28.1. The number of para-hydroxylation sites is 1. The molecule has 6 rings (SSSR count). The Morgan fingerprint density at radius 1 is 1.02 bits per heavy atom. The fourth-order valence-electron chi connectivity index (χ4n) is 6.90. The maximum absolute atomic E-state index is 15.2. The zero-order chi connectivity index (χ0) is 29.3. The van der Waals surface area contributed by atoms with E-state index < -0.39 is 28.5 Å². The topological polar surface area (TPSA) is 119 Å². The van der Waals surface area contributed by atoms with Gasteiger partial charge in [0.25, 0.3) is 0 Å². The number of hydrogen-bond acceptors (Lipinski definition) is 6. The highest BCUT2D eigenvalue weighted by molar-refractivity contribution is 6.09. The van der Waals surface area contributed by atoms with Crippen LogP contribution in [0.15, 0.2) is 67.0 Å². The number of carboxylic acid groups (broad SMARTS) is 1. The molecule has 9 heteroatoms. The molecule has 1 unspecified atom stereocenters. The molecule has 2 saturated heterocycles. The van der Waals surface area contributed by atoms with Crippen molar-refractivity contribution in [3.8, 4) is 17.0 Å². The van der Waals surface area contributed by atoms with Gasteiger partial charge in [-0.1, -0.05) is 30.7 Å². The minimum absolute atomic E-state index is 0.0764. The Kier molecular flexibility index (Phi) is 7.55. The van der Waals surface area contributed by atoms with E-state index in [0.717, 1.165) is 30.2 Å². The van der Waals surface area contributed by atoms with Gasteiger partial charge in [-0.2, -0.15) is 0 Å². The number of rotatable bonds is 8. The van der Waals surface area contributed by atoms with Crippen LogP contribution in [0.25, 0.3) is 22.2 Å². The number of fused-ring (bicyclic) bond motifs is 1. The predicted octanol–water partition coefficient (Wildman–Crippen LogP) is 5.02. The summed E-state index contributed by atoms with van der Waals surface area (Å²) in [6.45, 7) is 1.95. The third-order valence-corrected chi connectivity index (χ3v) is 9.14. The smallest absolute Gasteiger partial charge is 0.317 e. The second-order valence-electron chi connectivity index (χ2n) is 11.5. The Balaban J connectivity index is 1.60. The van der Waals surface area contributed by atoms with E-state index in [0.29, 0.717) is 48.6 Å². The van der Waals surface area contributed by atoms with Gasteiger partial charge in [-0.05, 0) is 87.8 Å². The predicted molar refractivity (Wildman–Crippen MR) is 158 cm³/mol. The van der Waals surface area contributed by atoms with E-state index in [1.165, 1.54) is 12.1 Å². The fourth-order valence-corrected chi connectivity index (χ4v) is 6.90. The fraction of sp³-hybridized carbons (Fsp3) is 0.364. The largest absolute Gasteiger partial charge is 0.507 e. The standard InChI is InChI=1S/C33H35FN4O4/c34-24-9-7-22(8-10-24)20-33(38-17-2-1-3-18-38,30(40)32(31(41)42)12-15-35-16-13-32)26-6-4-5-25(29(26)39)27-19-23-11-14-36-21-28(23)37-27/h4-11,14,19,21,35,37,39H,1-3,12-13,15-18,20H2,(H,41,42). The molecular weight excluding hydrogens is 535 g/mol. The molecular formula is C33H35FN4O4. The van der Waals surface area contributed by atoms with Crippen molar-refractivity contribution in [2.45, 2.75) is 44.1 Å². The normalized spacial score (nSPS) is 18.9. The van der Waals surface area contributed by atoms with Crippen molar-refractivity contribution in [1.29, 1.82) is 0 Å². The Morgan fingerprint density at radius 3 is 2.45 bits per heavy atom. The molecule has 0 spiro atoms. The first-order valence-electron chi connectivity index (χ1n) is 14.6. The molecule has 4 heterocycles. The first-order valence-corrected chi connectivity index (χ1v) is 14.6. The summed E-state index contributed by atoms with van der Waals surface area (Å²) in [6, 6.07) is 15.1. The number of carbonyl (C=O) groups is 2. The molecule has 2 fully saturated rings. The molecule has 1 atom stereocenters. The summed E-state index contributed by atoms with van der Waals surface area (Å²) in [5, 5.41) is 26.9. The monoisotopic (exact) mass is 570 g/mol. The van der Waals surface area contributed by atoms with Gasteiger partial charge < -0.3 is 20.5 Å². The number of halogens is 1. The van der Waals surface area contributed by atoms with Gasteiger partial charge in [-0.25, -0.2) is 4.39 Å². The molecule has 2 aromatic carbocycles. The van der Waals surface area contributed by atoms with Crippen LogP contribution in [0.3, 0.4) is 0 Å². The van der Waals surface area contributed by atoms with Crippen LogP contribution in [-0.4, -0.2) is 63.0 Å². The highest BCUT2D eigenvalue weighted by Gasteiger charge is 2.59. The molecule has 2 aliphatic rings. The van der Waals surface area contributed by atoms with E-state index >= 15 is 4.79 Å². The molecule has 2 aliphatic heterocycles. The number of aliphatic carboxylic acids is 1. The average Bonchev–Trinajstić information content (AvgIpc) is 3.46. The van der Waals surface area contributed by atoms with Crippen LogP contribution >= 0.6 is 0 Å². The highest BCUT2D eigenvalue weighted by atomic mass is 19.1. The number of piperidine rings is 2. The van der Waals surface area contributed by atoms with Crippen molar-refractivity contribution in [2.75, 3.05) is 26.2 Å². The number of phenols is 1. The Hall–Kier alpha value is -4.08. The van der Waals surface area contributed by atoms with Crippen LogP contribution in [0.5, 0.6) is 5.75 Å². The van der Waals surface area contributed by atoms with Gasteiger partial charge in [0.05, 0.1) is 17.4 Å². The van der Waals surface area contributed by atoms with Crippen LogP contribution in [0.4, 0.5) is 4.39 Å². The number of carboxylic acids is 1. The number of benzene rings is 2. The molecule has 0 bridgehead atoms. The van der Waals surface area contributed by atoms with Crippen molar-refractivity contribution in [1.82, 2.24) is 20.2 Å². The SMILES string of the molecule is O=C(O)C1(C(=O)C(Cc2ccc(F)cc2)(c2cccc(-c3cc4ccncc4[nH]3)c2O)N2CCCCC2)CCNCC1. The zero-order valence-corrected chi connectivity index (χ0v) is 23.4. The zero-order valence-electron chi connectivity index (χ0n) is 23.4. The van der Waals surface area contributed by atoms with E-state index in [2.05, 4.69) is 20.2 Å². The molecule has 218 valence electrons. The molecule has 4 N–H and O–H groups in total. The number of carbonyl (C=O) groups excluding carboxylic acids is 1. The summed E-state index contributed by atoms with van der Waals surface area (Å²) in [5.41, 5.74) is -0.111. The second-order valence-corrected chi connectivity index (χ2v) is 11.5. The number of aromatic nitrogens is 2. The lowest BCUT2D eigenvalue weighted by molar-refractivity contribution is -0.163. The van der Waals surface area contributed by atoms with Gasteiger partial charge in [-0.15, -0.1) is 0 Å². The minimum Gasteiger partial charge on any atom is -0.507 e.